The summed E-state index contributed by atoms with van der Waals surface area (Å²) in [5, 5.41) is 1.29. The highest BCUT2D eigenvalue weighted by molar-refractivity contribution is 7.99. The smallest absolute Gasteiger partial charge is 0.251 e. The van der Waals surface area contributed by atoms with Gasteiger partial charge in [-0.3, -0.25) is 4.79 Å². The van der Waals surface area contributed by atoms with Crippen LogP contribution >= 0.6 is 23.5 Å². The Morgan fingerprint density at radius 2 is 2.16 bits per heavy atom. The number of hydrogen-bond acceptors (Lipinski definition) is 5. The Hall–Kier alpha value is -0.460. The number of nitrogens with zero attached hydrogens (tertiary/aromatic N) is 2. The van der Waals surface area contributed by atoms with Crippen LogP contribution in [0.15, 0.2) is 16.0 Å². The van der Waals surface area contributed by atoms with E-state index in [-0.39, 0.29) is 5.56 Å². The summed E-state index contributed by atoms with van der Waals surface area (Å²) >= 11 is 3.43. The fourth-order valence-corrected chi connectivity index (χ4v) is 2.90. The van der Waals surface area contributed by atoms with Gasteiger partial charge in [0.25, 0.3) is 5.56 Å². The lowest BCUT2D eigenvalue weighted by molar-refractivity contribution is 0.410. The molecule has 0 aliphatic heterocycles. The number of aromatic amines is 1. The Kier molecular flexibility index (Phi) is 7.56. The molecule has 0 fully saturated rings. The summed E-state index contributed by atoms with van der Waals surface area (Å²) in [5.74, 6) is 1.77. The van der Waals surface area contributed by atoms with Crippen LogP contribution in [0, 0.1) is 0 Å². The predicted octanol–water partition coefficient (Wildman–Crippen LogP) is 2.46. The lowest BCUT2D eigenvalue weighted by Gasteiger charge is -2.09. The quantitative estimate of drug-likeness (QED) is 0.454. The lowest BCUT2D eigenvalue weighted by atomic mass is 10.4. The lowest BCUT2D eigenvalue weighted by Crippen LogP contribution is -2.14. The van der Waals surface area contributed by atoms with E-state index in [4.69, 9.17) is 0 Å². The number of hydrogen-bond donors (Lipinski definition) is 1. The minimum Gasteiger partial charge on any atom is -0.309 e. The first-order valence-electron chi connectivity index (χ1n) is 6.46. The third kappa shape index (κ3) is 7.64. The zero-order chi connectivity index (χ0) is 14.3. The summed E-state index contributed by atoms with van der Waals surface area (Å²) in [6.07, 6.45) is 1.09. The molecule has 4 nitrogen and oxygen atoms in total. The van der Waals surface area contributed by atoms with Crippen LogP contribution in [0.5, 0.6) is 0 Å². The van der Waals surface area contributed by atoms with Crippen molar-refractivity contribution in [2.75, 3.05) is 26.4 Å². The molecule has 0 aliphatic rings. The predicted molar refractivity (Wildman–Crippen MR) is 85.2 cm³/mol. The van der Waals surface area contributed by atoms with E-state index >= 15 is 0 Å². The Bertz CT molecular complexity index is 432. The Morgan fingerprint density at radius 1 is 1.42 bits per heavy atom. The number of thioether (sulfide) groups is 2. The molecule has 1 aromatic heterocycles. The van der Waals surface area contributed by atoms with Crippen LogP contribution in [0.4, 0.5) is 0 Å². The third-order valence-electron chi connectivity index (χ3n) is 2.33. The average Bonchev–Trinajstić information content (AvgIpc) is 2.31. The van der Waals surface area contributed by atoms with Crippen LogP contribution in [0.25, 0.3) is 0 Å². The van der Waals surface area contributed by atoms with Gasteiger partial charge in [-0.2, -0.15) is 11.8 Å². The van der Waals surface area contributed by atoms with E-state index in [1.54, 1.807) is 29.6 Å². The molecule has 0 bridgehead atoms. The van der Waals surface area contributed by atoms with Crippen LogP contribution in [0.1, 0.15) is 26.0 Å². The number of rotatable bonds is 8. The van der Waals surface area contributed by atoms with Crippen molar-refractivity contribution >= 4 is 23.5 Å². The van der Waals surface area contributed by atoms with Crippen LogP contribution in [0.2, 0.25) is 0 Å². The Balaban J connectivity index is 2.51. The first-order chi connectivity index (χ1) is 8.97. The second-order valence-electron chi connectivity index (χ2n) is 4.91. The van der Waals surface area contributed by atoms with Gasteiger partial charge in [0.1, 0.15) is 0 Å². The fourth-order valence-electron chi connectivity index (χ4n) is 1.43. The van der Waals surface area contributed by atoms with Gasteiger partial charge in [-0.25, -0.2) is 4.98 Å². The van der Waals surface area contributed by atoms with Gasteiger partial charge in [-0.05, 0) is 32.3 Å². The van der Waals surface area contributed by atoms with Gasteiger partial charge in [-0.15, -0.1) is 0 Å². The van der Waals surface area contributed by atoms with Crippen molar-refractivity contribution in [2.24, 2.45) is 0 Å². The molecular formula is C13H23N3OS2. The summed E-state index contributed by atoms with van der Waals surface area (Å²) < 4.78 is 0. The summed E-state index contributed by atoms with van der Waals surface area (Å²) in [7, 11) is 4.13. The van der Waals surface area contributed by atoms with Crippen molar-refractivity contribution in [3.63, 3.8) is 0 Å². The maximum Gasteiger partial charge on any atom is 0.251 e. The van der Waals surface area contributed by atoms with Gasteiger partial charge in [0.05, 0.1) is 5.69 Å². The normalized spacial score (nSPS) is 11.5. The minimum absolute atomic E-state index is 0.0514. The average molecular weight is 301 g/mol. The summed E-state index contributed by atoms with van der Waals surface area (Å²) in [5.41, 5.74) is 0.821. The molecule has 0 aliphatic carbocycles. The van der Waals surface area contributed by atoms with Crippen LogP contribution in [-0.4, -0.2) is 46.5 Å². The fraction of sp³-hybridized carbons (Fsp3) is 0.692. The zero-order valence-electron chi connectivity index (χ0n) is 12.1. The number of H-pyrrole nitrogens is 1. The van der Waals surface area contributed by atoms with Gasteiger partial charge in [0.15, 0.2) is 5.16 Å². The molecule has 0 saturated carbocycles. The molecule has 0 atom stereocenters. The SMILES string of the molecule is CC(C)SCc1cc(=O)[nH]c(SCCCN(C)C)n1. The molecule has 1 N–H and O–H groups in total. The van der Waals surface area contributed by atoms with E-state index in [1.807, 2.05) is 0 Å². The minimum atomic E-state index is -0.0514. The molecule has 6 heteroatoms. The number of aromatic nitrogens is 2. The van der Waals surface area contributed by atoms with Gasteiger partial charge >= 0.3 is 0 Å². The maximum atomic E-state index is 11.6. The molecule has 0 radical (unpaired) electrons. The van der Waals surface area contributed by atoms with E-state index in [9.17, 15) is 4.79 Å². The monoisotopic (exact) mass is 301 g/mol. The molecule has 1 rings (SSSR count). The topological polar surface area (TPSA) is 49.0 Å². The molecule has 1 aromatic rings. The molecular weight excluding hydrogens is 278 g/mol. The van der Waals surface area contributed by atoms with Crippen LogP contribution < -0.4 is 5.56 Å². The molecule has 19 heavy (non-hydrogen) atoms. The first kappa shape index (κ1) is 16.6. The summed E-state index contributed by atoms with van der Waals surface area (Å²) in [6.45, 7) is 5.35. The van der Waals surface area contributed by atoms with Crippen molar-refractivity contribution in [3.8, 4) is 0 Å². The highest BCUT2D eigenvalue weighted by atomic mass is 32.2. The van der Waals surface area contributed by atoms with E-state index in [2.05, 4.69) is 42.8 Å². The molecule has 0 spiro atoms. The number of nitrogens with one attached hydrogen (secondary N) is 1. The van der Waals surface area contributed by atoms with Crippen LogP contribution in [-0.2, 0) is 5.75 Å². The molecule has 0 aromatic carbocycles. The Morgan fingerprint density at radius 3 is 2.79 bits per heavy atom. The van der Waals surface area contributed by atoms with Crippen LogP contribution in [0.3, 0.4) is 0 Å². The van der Waals surface area contributed by atoms with Crippen molar-refractivity contribution in [1.82, 2.24) is 14.9 Å². The van der Waals surface area contributed by atoms with E-state index in [0.29, 0.717) is 5.25 Å². The summed E-state index contributed by atoms with van der Waals surface area (Å²) in [6, 6.07) is 1.60. The molecule has 1 heterocycles. The molecule has 0 saturated heterocycles. The largest absolute Gasteiger partial charge is 0.309 e. The van der Waals surface area contributed by atoms with E-state index < -0.39 is 0 Å². The third-order valence-corrected chi connectivity index (χ3v) is 4.41. The van der Waals surface area contributed by atoms with Gasteiger partial charge < -0.3 is 9.88 Å². The molecule has 0 amide bonds. The Labute approximate surface area is 123 Å². The molecule has 108 valence electrons. The zero-order valence-corrected chi connectivity index (χ0v) is 13.7. The molecule has 0 unspecified atom stereocenters. The maximum absolute atomic E-state index is 11.6. The summed E-state index contributed by atoms with van der Waals surface area (Å²) in [4.78, 5) is 21.0. The highest BCUT2D eigenvalue weighted by Crippen LogP contribution is 2.17. The standard InChI is InChI=1S/C13H23N3OS2/c1-10(2)19-9-11-8-12(17)15-13(14-11)18-7-5-6-16(3)4/h8,10H,5-7,9H2,1-4H3,(H,14,15,17). The second-order valence-corrected chi connectivity index (χ2v) is 7.56. The highest BCUT2D eigenvalue weighted by Gasteiger charge is 2.04. The second kappa shape index (κ2) is 8.66. The van der Waals surface area contributed by atoms with E-state index in [0.717, 1.165) is 35.3 Å². The van der Waals surface area contributed by atoms with Crippen molar-refractivity contribution in [3.05, 3.63) is 22.1 Å². The van der Waals surface area contributed by atoms with Gasteiger partial charge in [-0.1, -0.05) is 25.6 Å². The first-order valence-corrected chi connectivity index (χ1v) is 8.50. The van der Waals surface area contributed by atoms with Crippen molar-refractivity contribution in [1.29, 1.82) is 0 Å². The van der Waals surface area contributed by atoms with Crippen molar-refractivity contribution < 1.29 is 0 Å². The van der Waals surface area contributed by atoms with E-state index in [1.165, 1.54) is 0 Å². The van der Waals surface area contributed by atoms with Crippen molar-refractivity contribution in [2.45, 2.75) is 36.4 Å². The van der Waals surface area contributed by atoms with Gasteiger partial charge in [0, 0.05) is 17.6 Å². The van der Waals surface area contributed by atoms with Gasteiger partial charge in [0.2, 0.25) is 0 Å².